The van der Waals surface area contributed by atoms with Crippen molar-refractivity contribution in [2.45, 2.75) is 68.6 Å². The molecule has 2 heterocycles. The first-order chi connectivity index (χ1) is 12.6. The van der Waals surface area contributed by atoms with Crippen LogP contribution >= 0.6 is 11.8 Å². The van der Waals surface area contributed by atoms with Crippen molar-refractivity contribution in [3.05, 3.63) is 47.8 Å². The number of rotatable bonds is 5. The van der Waals surface area contributed by atoms with Crippen molar-refractivity contribution in [1.82, 2.24) is 20.2 Å². The fourth-order valence-electron chi connectivity index (χ4n) is 4.08. The molecule has 2 N–H and O–H groups in total. The van der Waals surface area contributed by atoms with E-state index in [9.17, 15) is 4.79 Å². The molecule has 0 saturated carbocycles. The molecule has 0 aliphatic carbocycles. The van der Waals surface area contributed by atoms with Crippen molar-refractivity contribution in [1.29, 1.82) is 0 Å². The van der Waals surface area contributed by atoms with Crippen molar-refractivity contribution in [2.24, 2.45) is 7.05 Å². The average Bonchev–Trinajstić information content (AvgIpc) is 2.95. The maximum Gasteiger partial charge on any atom is 0.251 e. The van der Waals surface area contributed by atoms with Crippen LogP contribution in [0.25, 0.3) is 0 Å². The molecule has 0 atom stereocenters. The van der Waals surface area contributed by atoms with Gasteiger partial charge in [-0.05, 0) is 58.2 Å². The molecule has 0 bridgehead atoms. The first-order valence-corrected chi connectivity index (χ1v) is 10.4. The average molecular weight is 387 g/mol. The van der Waals surface area contributed by atoms with Gasteiger partial charge in [-0.2, -0.15) is 0 Å². The molecule has 1 amide bonds. The number of aryl methyl sites for hydroxylation is 1. The van der Waals surface area contributed by atoms with Crippen LogP contribution in [0, 0.1) is 0 Å². The Morgan fingerprint density at radius 3 is 2.41 bits per heavy atom. The Bertz CT molecular complexity index is 779. The number of imidazole rings is 1. The first kappa shape index (κ1) is 20.0. The summed E-state index contributed by atoms with van der Waals surface area (Å²) in [5.41, 5.74) is 1.94. The summed E-state index contributed by atoms with van der Waals surface area (Å²) in [6, 6.07) is 8.08. The Morgan fingerprint density at radius 2 is 1.85 bits per heavy atom. The number of hydrogen-bond donors (Lipinski definition) is 2. The van der Waals surface area contributed by atoms with Crippen molar-refractivity contribution >= 4 is 17.7 Å². The van der Waals surface area contributed by atoms with Crippen LogP contribution in [0.2, 0.25) is 0 Å². The lowest BCUT2D eigenvalue weighted by Gasteiger charge is -2.46. The number of carbonyl (C=O) groups is 1. The van der Waals surface area contributed by atoms with Crippen LogP contribution in [-0.2, 0) is 12.8 Å². The highest BCUT2D eigenvalue weighted by Gasteiger charge is 2.38. The predicted molar refractivity (Wildman–Crippen MR) is 111 cm³/mol. The minimum absolute atomic E-state index is 0.0109. The second-order valence-corrected chi connectivity index (χ2v) is 9.72. The van der Waals surface area contributed by atoms with Gasteiger partial charge in [-0.15, -0.1) is 0 Å². The molecule has 0 spiro atoms. The number of nitrogens with zero attached hydrogens (tertiary/aromatic N) is 2. The molecule has 6 heteroatoms. The summed E-state index contributed by atoms with van der Waals surface area (Å²) < 4.78 is 2.01. The fraction of sp³-hybridized carbons (Fsp3) is 0.524. The lowest BCUT2D eigenvalue weighted by molar-refractivity contribution is 0.0873. The summed E-state index contributed by atoms with van der Waals surface area (Å²) in [7, 11) is 1.99. The quantitative estimate of drug-likeness (QED) is 0.769. The van der Waals surface area contributed by atoms with Crippen LogP contribution in [0.1, 0.15) is 56.5 Å². The van der Waals surface area contributed by atoms with E-state index in [1.165, 1.54) is 5.56 Å². The zero-order valence-corrected chi connectivity index (χ0v) is 17.7. The largest absolute Gasteiger partial charge is 0.349 e. The molecule has 0 unspecified atom stereocenters. The smallest absolute Gasteiger partial charge is 0.251 e. The second-order valence-electron chi connectivity index (χ2n) is 8.78. The molecule has 2 aromatic rings. The van der Waals surface area contributed by atoms with Crippen molar-refractivity contribution in [3.8, 4) is 0 Å². The normalized spacial score (nSPS) is 19.0. The van der Waals surface area contributed by atoms with Gasteiger partial charge in [0.2, 0.25) is 0 Å². The number of carbonyl (C=O) groups excluding carboxylic acids is 1. The molecular formula is C21H30N4OS. The predicted octanol–water partition coefficient (Wildman–Crippen LogP) is 3.75. The molecule has 1 aromatic heterocycles. The maximum absolute atomic E-state index is 12.7. The Labute approximate surface area is 166 Å². The van der Waals surface area contributed by atoms with Gasteiger partial charge in [-0.25, -0.2) is 4.98 Å². The van der Waals surface area contributed by atoms with Crippen LogP contribution in [-0.4, -0.2) is 32.6 Å². The van der Waals surface area contributed by atoms with E-state index in [0.717, 1.165) is 29.3 Å². The van der Waals surface area contributed by atoms with E-state index in [2.05, 4.69) is 43.3 Å². The van der Waals surface area contributed by atoms with E-state index in [-0.39, 0.29) is 23.0 Å². The minimum Gasteiger partial charge on any atom is -0.349 e. The number of benzene rings is 1. The number of nitrogens with one attached hydrogen (secondary N) is 2. The third-order valence-electron chi connectivity index (χ3n) is 4.89. The van der Waals surface area contributed by atoms with Gasteiger partial charge in [0, 0.05) is 47.9 Å². The molecule has 1 aliphatic heterocycles. The number of amides is 1. The van der Waals surface area contributed by atoms with E-state index < -0.39 is 0 Å². The highest BCUT2D eigenvalue weighted by molar-refractivity contribution is 7.98. The standard InChI is InChI=1S/C21H30N4OS/c1-20(2)12-17(13-21(3,4)24-20)23-18(26)16-8-6-15(7-9-16)14-27-19-22-10-11-25(19)5/h6-11,17,24H,12-14H2,1-5H3,(H,23,26). The fourth-order valence-corrected chi connectivity index (χ4v) is 4.97. The topological polar surface area (TPSA) is 59.0 Å². The zero-order valence-electron chi connectivity index (χ0n) is 16.9. The molecule has 146 valence electrons. The van der Waals surface area contributed by atoms with E-state index in [1.54, 1.807) is 18.0 Å². The van der Waals surface area contributed by atoms with Crippen LogP contribution in [0.4, 0.5) is 0 Å². The Morgan fingerprint density at radius 1 is 1.22 bits per heavy atom. The van der Waals surface area contributed by atoms with Crippen LogP contribution in [0.3, 0.4) is 0 Å². The Balaban J connectivity index is 1.58. The van der Waals surface area contributed by atoms with E-state index >= 15 is 0 Å². The number of thioether (sulfide) groups is 1. The number of piperidine rings is 1. The van der Waals surface area contributed by atoms with Crippen molar-refractivity contribution < 1.29 is 4.79 Å². The third kappa shape index (κ3) is 5.36. The van der Waals surface area contributed by atoms with Gasteiger partial charge in [0.1, 0.15) is 0 Å². The van der Waals surface area contributed by atoms with Crippen molar-refractivity contribution in [3.63, 3.8) is 0 Å². The summed E-state index contributed by atoms with van der Waals surface area (Å²) in [6.45, 7) is 8.78. The van der Waals surface area contributed by atoms with Gasteiger partial charge in [-0.3, -0.25) is 4.79 Å². The van der Waals surface area contributed by atoms with E-state index in [0.29, 0.717) is 0 Å². The van der Waals surface area contributed by atoms with Crippen molar-refractivity contribution in [2.75, 3.05) is 0 Å². The molecule has 1 aliphatic rings. The molecule has 1 saturated heterocycles. The molecule has 3 rings (SSSR count). The van der Waals surface area contributed by atoms with E-state index in [1.807, 2.05) is 42.1 Å². The first-order valence-electron chi connectivity index (χ1n) is 9.43. The van der Waals surface area contributed by atoms with Gasteiger partial charge in [0.05, 0.1) is 0 Å². The maximum atomic E-state index is 12.7. The summed E-state index contributed by atoms with van der Waals surface area (Å²) in [4.78, 5) is 17.0. The Kier molecular flexibility index (Phi) is 5.68. The lowest BCUT2D eigenvalue weighted by atomic mass is 9.79. The summed E-state index contributed by atoms with van der Waals surface area (Å²) in [6.07, 6.45) is 5.61. The molecule has 0 radical (unpaired) electrons. The molecule has 1 fully saturated rings. The Hall–Kier alpha value is -1.79. The highest BCUT2D eigenvalue weighted by Crippen LogP contribution is 2.28. The third-order valence-corrected chi connectivity index (χ3v) is 6.02. The lowest BCUT2D eigenvalue weighted by Crippen LogP contribution is -2.62. The van der Waals surface area contributed by atoms with Crippen LogP contribution in [0.5, 0.6) is 0 Å². The summed E-state index contributed by atoms with van der Waals surface area (Å²) >= 11 is 1.69. The molecule has 27 heavy (non-hydrogen) atoms. The number of hydrogen-bond acceptors (Lipinski definition) is 4. The van der Waals surface area contributed by atoms with E-state index in [4.69, 9.17) is 0 Å². The highest BCUT2D eigenvalue weighted by atomic mass is 32.2. The SMILES string of the molecule is Cn1ccnc1SCc1ccc(C(=O)NC2CC(C)(C)NC(C)(C)C2)cc1. The van der Waals surface area contributed by atoms with Gasteiger partial charge < -0.3 is 15.2 Å². The molecule has 1 aromatic carbocycles. The van der Waals surface area contributed by atoms with Gasteiger partial charge in [0.25, 0.3) is 5.91 Å². The summed E-state index contributed by atoms with van der Waals surface area (Å²) in [5.74, 6) is 0.848. The second kappa shape index (κ2) is 7.68. The van der Waals surface area contributed by atoms with Gasteiger partial charge >= 0.3 is 0 Å². The number of aromatic nitrogens is 2. The zero-order chi connectivity index (χ0) is 19.7. The minimum atomic E-state index is 0.0109. The monoisotopic (exact) mass is 386 g/mol. The summed E-state index contributed by atoms with van der Waals surface area (Å²) in [5, 5.41) is 7.88. The molecule has 5 nitrogen and oxygen atoms in total. The van der Waals surface area contributed by atoms with Gasteiger partial charge in [0.15, 0.2) is 5.16 Å². The van der Waals surface area contributed by atoms with Crippen LogP contribution < -0.4 is 10.6 Å². The van der Waals surface area contributed by atoms with Crippen LogP contribution in [0.15, 0.2) is 41.8 Å². The molecular weight excluding hydrogens is 356 g/mol. The van der Waals surface area contributed by atoms with Gasteiger partial charge in [-0.1, -0.05) is 23.9 Å².